The van der Waals surface area contributed by atoms with Gasteiger partial charge in [0.15, 0.2) is 0 Å². The monoisotopic (exact) mass is 218 g/mol. The van der Waals surface area contributed by atoms with Crippen molar-refractivity contribution in [3.8, 4) is 0 Å². The van der Waals surface area contributed by atoms with Gasteiger partial charge in [0.05, 0.1) is 0 Å². The largest absolute Gasteiger partial charge is 0.0981 e. The van der Waals surface area contributed by atoms with E-state index in [2.05, 4.69) is 54.8 Å². The Labute approximate surface area is 97.1 Å². The van der Waals surface area contributed by atoms with Gasteiger partial charge in [0, 0.05) is 4.90 Å². The summed E-state index contributed by atoms with van der Waals surface area (Å²) in [5, 5.41) is 2.12. The third-order valence-corrected chi connectivity index (χ3v) is 2.83. The van der Waals surface area contributed by atoms with Crippen molar-refractivity contribution >= 4 is 11.8 Å². The Bertz CT molecular complexity index is 298. The highest BCUT2D eigenvalue weighted by Crippen LogP contribution is 2.17. The SMILES string of the molecule is CCCC/C=C/C=C\Sc1ccccc1. The van der Waals surface area contributed by atoms with Gasteiger partial charge >= 0.3 is 0 Å². The Kier molecular flexibility index (Phi) is 6.76. The first-order valence-electron chi connectivity index (χ1n) is 5.47. The van der Waals surface area contributed by atoms with Crippen LogP contribution in [0.25, 0.3) is 0 Å². The maximum Gasteiger partial charge on any atom is 0.0116 e. The molecule has 80 valence electrons. The first-order valence-corrected chi connectivity index (χ1v) is 6.35. The zero-order valence-electron chi connectivity index (χ0n) is 9.23. The molecule has 0 atom stereocenters. The molecule has 0 aliphatic rings. The molecule has 0 saturated heterocycles. The van der Waals surface area contributed by atoms with Crippen LogP contribution in [0.4, 0.5) is 0 Å². The molecule has 0 amide bonds. The van der Waals surface area contributed by atoms with Crippen molar-refractivity contribution in [3.05, 3.63) is 54.0 Å². The molecule has 0 saturated carbocycles. The van der Waals surface area contributed by atoms with E-state index >= 15 is 0 Å². The van der Waals surface area contributed by atoms with Gasteiger partial charge in [0.25, 0.3) is 0 Å². The number of unbranched alkanes of at least 4 members (excludes halogenated alkanes) is 2. The van der Waals surface area contributed by atoms with E-state index < -0.39 is 0 Å². The second kappa shape index (κ2) is 8.37. The first kappa shape index (κ1) is 12.1. The van der Waals surface area contributed by atoms with E-state index in [0.717, 1.165) is 0 Å². The number of rotatable bonds is 6. The van der Waals surface area contributed by atoms with Gasteiger partial charge in [-0.3, -0.25) is 0 Å². The number of allylic oxidation sites excluding steroid dienone is 3. The lowest BCUT2D eigenvalue weighted by molar-refractivity contribution is 0.815. The Balaban J connectivity index is 2.20. The summed E-state index contributed by atoms with van der Waals surface area (Å²) in [6.07, 6.45) is 10.2. The van der Waals surface area contributed by atoms with Crippen LogP contribution in [0.1, 0.15) is 26.2 Å². The second-order valence-electron chi connectivity index (χ2n) is 3.33. The highest BCUT2D eigenvalue weighted by atomic mass is 32.2. The van der Waals surface area contributed by atoms with Gasteiger partial charge in [-0.05, 0) is 24.0 Å². The molecule has 0 bridgehead atoms. The molecule has 0 aliphatic heterocycles. The van der Waals surface area contributed by atoms with Gasteiger partial charge < -0.3 is 0 Å². The molecule has 0 aromatic heterocycles. The van der Waals surface area contributed by atoms with Crippen molar-refractivity contribution < 1.29 is 0 Å². The van der Waals surface area contributed by atoms with Gasteiger partial charge in [0.2, 0.25) is 0 Å². The van der Waals surface area contributed by atoms with Crippen molar-refractivity contribution in [1.82, 2.24) is 0 Å². The highest BCUT2D eigenvalue weighted by molar-refractivity contribution is 8.02. The van der Waals surface area contributed by atoms with Crippen molar-refractivity contribution in [2.75, 3.05) is 0 Å². The van der Waals surface area contributed by atoms with Gasteiger partial charge in [-0.25, -0.2) is 0 Å². The molecule has 1 aromatic rings. The molecule has 0 unspecified atom stereocenters. The van der Waals surface area contributed by atoms with Crippen LogP contribution in [0.2, 0.25) is 0 Å². The van der Waals surface area contributed by atoms with Crippen LogP contribution in [-0.4, -0.2) is 0 Å². The van der Waals surface area contributed by atoms with Crippen molar-refractivity contribution in [2.45, 2.75) is 31.1 Å². The van der Waals surface area contributed by atoms with Crippen molar-refractivity contribution in [2.24, 2.45) is 0 Å². The summed E-state index contributed by atoms with van der Waals surface area (Å²) in [7, 11) is 0. The average Bonchev–Trinajstić information content (AvgIpc) is 2.29. The molecule has 1 aromatic carbocycles. The Morgan fingerprint density at radius 2 is 1.93 bits per heavy atom. The highest BCUT2D eigenvalue weighted by Gasteiger charge is 1.84. The van der Waals surface area contributed by atoms with Crippen LogP contribution in [-0.2, 0) is 0 Å². The Hall–Kier alpha value is -0.950. The zero-order chi connectivity index (χ0) is 10.8. The fourth-order valence-corrected chi connectivity index (χ4v) is 1.80. The third kappa shape index (κ3) is 6.19. The average molecular weight is 218 g/mol. The fraction of sp³-hybridized carbons (Fsp3) is 0.286. The molecule has 0 radical (unpaired) electrons. The van der Waals surface area contributed by atoms with Crippen LogP contribution in [0.15, 0.2) is 58.9 Å². The number of hydrogen-bond acceptors (Lipinski definition) is 1. The number of benzene rings is 1. The van der Waals surface area contributed by atoms with Gasteiger partial charge in [0.1, 0.15) is 0 Å². The minimum Gasteiger partial charge on any atom is -0.0981 e. The summed E-state index contributed by atoms with van der Waals surface area (Å²) in [5.74, 6) is 0. The second-order valence-corrected chi connectivity index (χ2v) is 4.31. The van der Waals surface area contributed by atoms with Crippen LogP contribution in [0, 0.1) is 0 Å². The van der Waals surface area contributed by atoms with Gasteiger partial charge in [-0.1, -0.05) is 68.0 Å². The first-order chi connectivity index (χ1) is 7.43. The zero-order valence-corrected chi connectivity index (χ0v) is 10.0. The smallest absolute Gasteiger partial charge is 0.0116 e. The lowest BCUT2D eigenvalue weighted by Gasteiger charge is -1.92. The fourth-order valence-electron chi connectivity index (χ4n) is 1.16. The lowest BCUT2D eigenvalue weighted by atomic mass is 10.2. The van der Waals surface area contributed by atoms with E-state index in [1.807, 2.05) is 6.07 Å². The van der Waals surface area contributed by atoms with Crippen LogP contribution >= 0.6 is 11.8 Å². The lowest BCUT2D eigenvalue weighted by Crippen LogP contribution is -1.65. The summed E-state index contributed by atoms with van der Waals surface area (Å²) >= 11 is 1.75. The summed E-state index contributed by atoms with van der Waals surface area (Å²) < 4.78 is 0. The van der Waals surface area contributed by atoms with E-state index in [4.69, 9.17) is 0 Å². The predicted octanol–water partition coefficient (Wildman–Crippen LogP) is 5.04. The summed E-state index contributed by atoms with van der Waals surface area (Å²) in [6.45, 7) is 2.22. The van der Waals surface area contributed by atoms with Gasteiger partial charge in [-0.15, -0.1) is 0 Å². The molecule has 0 nitrogen and oxygen atoms in total. The summed E-state index contributed by atoms with van der Waals surface area (Å²) in [6, 6.07) is 10.4. The molecular formula is C14H18S. The Morgan fingerprint density at radius 1 is 1.13 bits per heavy atom. The molecule has 0 fully saturated rings. The van der Waals surface area contributed by atoms with Crippen molar-refractivity contribution in [3.63, 3.8) is 0 Å². The number of thioether (sulfide) groups is 1. The molecular weight excluding hydrogens is 200 g/mol. The van der Waals surface area contributed by atoms with Crippen LogP contribution in [0.5, 0.6) is 0 Å². The minimum atomic E-state index is 1.19. The van der Waals surface area contributed by atoms with Gasteiger partial charge in [-0.2, -0.15) is 0 Å². The van der Waals surface area contributed by atoms with E-state index in [-0.39, 0.29) is 0 Å². The molecule has 0 spiro atoms. The molecule has 1 rings (SSSR count). The number of hydrogen-bond donors (Lipinski definition) is 0. The molecule has 0 aliphatic carbocycles. The summed E-state index contributed by atoms with van der Waals surface area (Å²) in [4.78, 5) is 1.29. The molecule has 0 N–H and O–H groups in total. The van der Waals surface area contributed by atoms with E-state index in [0.29, 0.717) is 0 Å². The van der Waals surface area contributed by atoms with Crippen molar-refractivity contribution in [1.29, 1.82) is 0 Å². The van der Waals surface area contributed by atoms with E-state index in [1.165, 1.54) is 24.2 Å². The maximum absolute atomic E-state index is 2.23. The van der Waals surface area contributed by atoms with Crippen LogP contribution in [0.3, 0.4) is 0 Å². The predicted molar refractivity (Wildman–Crippen MR) is 70.1 cm³/mol. The Morgan fingerprint density at radius 3 is 2.67 bits per heavy atom. The normalized spacial score (nSPS) is 11.5. The van der Waals surface area contributed by atoms with E-state index in [9.17, 15) is 0 Å². The molecule has 1 heteroatoms. The topological polar surface area (TPSA) is 0 Å². The quantitative estimate of drug-likeness (QED) is 0.366. The molecule has 0 heterocycles. The minimum absolute atomic E-state index is 1.19. The standard InChI is InChI=1S/C14H18S/c1-2-3-4-5-6-10-13-15-14-11-8-7-9-12-14/h5-13H,2-4H2,1H3/b6-5+,13-10-. The van der Waals surface area contributed by atoms with Crippen LogP contribution < -0.4 is 0 Å². The third-order valence-electron chi connectivity index (χ3n) is 2.00. The van der Waals surface area contributed by atoms with E-state index in [1.54, 1.807) is 11.8 Å². The maximum atomic E-state index is 2.23. The molecule has 15 heavy (non-hydrogen) atoms. The summed E-state index contributed by atoms with van der Waals surface area (Å²) in [5.41, 5.74) is 0.